The van der Waals surface area contributed by atoms with Gasteiger partial charge in [0.15, 0.2) is 0 Å². The van der Waals surface area contributed by atoms with Crippen molar-refractivity contribution in [1.82, 2.24) is 14.5 Å². The van der Waals surface area contributed by atoms with E-state index in [1.165, 1.54) is 30.7 Å². The molecule has 0 radical (unpaired) electrons. The summed E-state index contributed by atoms with van der Waals surface area (Å²) >= 11 is 0. The molecule has 1 saturated carbocycles. The molecule has 2 unspecified atom stereocenters. The Labute approximate surface area is 242 Å². The summed E-state index contributed by atoms with van der Waals surface area (Å²) in [6, 6.07) is 14.9. The first-order valence-corrected chi connectivity index (χ1v) is 15.6. The minimum Gasteiger partial charge on any atom is -0.497 e. The lowest BCUT2D eigenvalue weighted by Gasteiger charge is -2.41. The summed E-state index contributed by atoms with van der Waals surface area (Å²) in [5.41, 5.74) is 1.03. The Kier molecular flexibility index (Phi) is 10.8. The first-order chi connectivity index (χ1) is 19.7. The number of hydrogen-bond acceptors (Lipinski definition) is 8. The number of aliphatic hydroxyl groups is 1. The van der Waals surface area contributed by atoms with Crippen LogP contribution in [0.4, 0.5) is 0 Å². The molecule has 224 valence electrons. The molecule has 2 N–H and O–H groups in total. The lowest BCUT2D eigenvalue weighted by atomic mass is 9.98. The fraction of sp³-hybridized carbons (Fsp3) is 0.533. The van der Waals surface area contributed by atoms with Crippen molar-refractivity contribution in [3.05, 3.63) is 60.2 Å². The molecule has 1 amide bonds. The van der Waals surface area contributed by atoms with Crippen molar-refractivity contribution in [2.75, 3.05) is 40.4 Å². The molecule has 1 aliphatic heterocycles. The Hall–Kier alpha value is -2.99. The number of piperazine rings is 1. The van der Waals surface area contributed by atoms with E-state index in [1.54, 1.807) is 17.0 Å². The van der Waals surface area contributed by atoms with Gasteiger partial charge in [-0.1, -0.05) is 43.2 Å². The molecule has 10 nitrogen and oxygen atoms in total. The zero-order valence-corrected chi connectivity index (χ0v) is 24.6. The Morgan fingerprint density at radius 2 is 1.78 bits per heavy atom. The highest BCUT2D eigenvalue weighted by atomic mass is 32.2. The quantitative estimate of drug-likeness (QED) is 0.342. The lowest BCUT2D eigenvalue weighted by Crippen LogP contribution is -2.63. The Morgan fingerprint density at radius 3 is 2.41 bits per heavy atom. The number of amides is 1. The van der Waals surface area contributed by atoms with E-state index in [0.717, 1.165) is 31.2 Å². The van der Waals surface area contributed by atoms with Crippen LogP contribution in [-0.2, 0) is 30.8 Å². The van der Waals surface area contributed by atoms with Crippen LogP contribution in [0.2, 0.25) is 0 Å². The monoisotopic (exact) mass is 587 g/mol. The van der Waals surface area contributed by atoms with Gasteiger partial charge in [0, 0.05) is 32.2 Å². The van der Waals surface area contributed by atoms with Crippen LogP contribution >= 0.6 is 0 Å². The third kappa shape index (κ3) is 8.06. The minimum absolute atomic E-state index is 0.0605. The molecule has 0 bridgehead atoms. The summed E-state index contributed by atoms with van der Waals surface area (Å²) < 4.78 is 38.8. The van der Waals surface area contributed by atoms with E-state index in [2.05, 4.69) is 5.32 Å². The summed E-state index contributed by atoms with van der Waals surface area (Å²) in [7, 11) is -1.12. The molecule has 41 heavy (non-hydrogen) atoms. The van der Waals surface area contributed by atoms with Gasteiger partial charge in [0.25, 0.3) is 0 Å². The molecule has 2 fully saturated rings. The summed E-state index contributed by atoms with van der Waals surface area (Å²) in [6.07, 6.45) is 3.28. The van der Waals surface area contributed by atoms with Gasteiger partial charge in [0.2, 0.25) is 15.9 Å². The number of methoxy groups -OCH3 is 2. The fourth-order valence-electron chi connectivity index (χ4n) is 5.74. The zero-order chi connectivity index (χ0) is 29.4. The van der Waals surface area contributed by atoms with Crippen molar-refractivity contribution in [3.63, 3.8) is 0 Å². The van der Waals surface area contributed by atoms with E-state index in [0.29, 0.717) is 25.3 Å². The highest BCUT2D eigenvalue weighted by Crippen LogP contribution is 2.29. The molecule has 0 spiro atoms. The maximum absolute atomic E-state index is 13.8. The molecule has 3 atom stereocenters. The van der Waals surface area contributed by atoms with Crippen LogP contribution in [0.3, 0.4) is 0 Å². The van der Waals surface area contributed by atoms with Crippen molar-refractivity contribution in [3.8, 4) is 5.75 Å². The molecular formula is C30H41N3O7S. The van der Waals surface area contributed by atoms with Crippen molar-refractivity contribution >= 4 is 21.9 Å². The first-order valence-electron chi connectivity index (χ1n) is 14.2. The maximum Gasteiger partial charge on any atom is 0.307 e. The van der Waals surface area contributed by atoms with Gasteiger partial charge in [-0.05, 0) is 55.0 Å². The van der Waals surface area contributed by atoms with E-state index in [-0.39, 0.29) is 42.3 Å². The Morgan fingerprint density at radius 1 is 1.10 bits per heavy atom. The number of carbonyl (C=O) groups is 2. The molecule has 2 aromatic carbocycles. The highest BCUT2D eigenvalue weighted by molar-refractivity contribution is 7.89. The van der Waals surface area contributed by atoms with Crippen LogP contribution < -0.4 is 10.1 Å². The van der Waals surface area contributed by atoms with Crippen molar-refractivity contribution in [2.45, 2.75) is 61.6 Å². The fourth-order valence-corrected chi connectivity index (χ4v) is 7.29. The SMILES string of the molecule is COC(=O)CC1NC[C@H](Cc2ccccc2)N(CC(O)CN(CC2CCCC2)S(=O)(=O)c2ccc(OC)cc2)C1=O. The maximum atomic E-state index is 13.8. The minimum atomic E-state index is -3.91. The smallest absolute Gasteiger partial charge is 0.307 e. The number of carbonyl (C=O) groups excluding carboxylic acids is 2. The van der Waals surface area contributed by atoms with E-state index in [4.69, 9.17) is 9.47 Å². The second-order valence-electron chi connectivity index (χ2n) is 10.9. The number of esters is 1. The van der Waals surface area contributed by atoms with Crippen LogP contribution in [0, 0.1) is 5.92 Å². The summed E-state index contributed by atoms with van der Waals surface area (Å²) in [5.74, 6) is -0.0611. The zero-order valence-electron chi connectivity index (χ0n) is 23.8. The summed E-state index contributed by atoms with van der Waals surface area (Å²) in [5, 5.41) is 14.5. The molecular weight excluding hydrogens is 546 g/mol. The standard InChI is InChI=1S/C30H41N3O7S/c1-39-26-12-14-27(15-13-26)41(37,38)32(19-23-10-6-7-11-23)20-25(34)21-33-24(16-22-8-4-3-5-9-22)18-31-28(30(33)36)17-29(35)40-2/h3-5,8-9,12-15,23-25,28,31,34H,6-7,10-11,16-21H2,1-2H3/t24-,25?,28?/m0/s1. The Balaban J connectivity index is 1.54. The summed E-state index contributed by atoms with van der Waals surface area (Å²) in [4.78, 5) is 27.2. The molecule has 4 rings (SSSR count). The highest BCUT2D eigenvalue weighted by Gasteiger charge is 2.38. The van der Waals surface area contributed by atoms with Gasteiger partial charge in [0.05, 0.1) is 37.7 Å². The predicted octanol–water partition coefficient (Wildman–Crippen LogP) is 2.21. The van der Waals surface area contributed by atoms with E-state index >= 15 is 0 Å². The molecule has 1 aliphatic carbocycles. The second-order valence-corrected chi connectivity index (χ2v) is 12.8. The second kappa shape index (κ2) is 14.3. The summed E-state index contributed by atoms with van der Waals surface area (Å²) in [6.45, 7) is 0.515. The average molecular weight is 588 g/mol. The number of nitrogens with zero attached hydrogens (tertiary/aromatic N) is 2. The number of rotatable bonds is 13. The Bertz CT molecular complexity index is 1250. The van der Waals surface area contributed by atoms with E-state index in [1.807, 2.05) is 30.3 Å². The number of aliphatic hydroxyl groups excluding tert-OH is 1. The van der Waals surface area contributed by atoms with Crippen molar-refractivity contribution in [1.29, 1.82) is 0 Å². The van der Waals surface area contributed by atoms with Crippen molar-refractivity contribution in [2.24, 2.45) is 5.92 Å². The van der Waals surface area contributed by atoms with Crippen LogP contribution in [0.15, 0.2) is 59.5 Å². The van der Waals surface area contributed by atoms with Gasteiger partial charge in [-0.15, -0.1) is 0 Å². The van der Waals surface area contributed by atoms with Crippen LogP contribution in [0.5, 0.6) is 5.75 Å². The third-order valence-corrected chi connectivity index (χ3v) is 9.84. The molecule has 1 saturated heterocycles. The molecule has 2 aromatic rings. The molecule has 2 aliphatic rings. The van der Waals surface area contributed by atoms with Gasteiger partial charge < -0.3 is 24.8 Å². The third-order valence-electron chi connectivity index (χ3n) is 7.99. The number of ether oxygens (including phenoxy) is 2. The van der Waals surface area contributed by atoms with Gasteiger partial charge >= 0.3 is 5.97 Å². The van der Waals surface area contributed by atoms with Crippen LogP contribution in [0.1, 0.15) is 37.7 Å². The number of hydrogen-bond donors (Lipinski definition) is 2. The van der Waals surface area contributed by atoms with Gasteiger partial charge in [-0.2, -0.15) is 4.31 Å². The topological polar surface area (TPSA) is 125 Å². The lowest BCUT2D eigenvalue weighted by molar-refractivity contribution is -0.148. The normalized spacial score (nSPS) is 20.8. The van der Waals surface area contributed by atoms with Gasteiger partial charge in [-0.3, -0.25) is 9.59 Å². The van der Waals surface area contributed by atoms with Crippen LogP contribution in [0.25, 0.3) is 0 Å². The molecule has 1 heterocycles. The average Bonchev–Trinajstić information content (AvgIpc) is 3.50. The predicted molar refractivity (Wildman–Crippen MR) is 154 cm³/mol. The number of benzene rings is 2. The molecule has 11 heteroatoms. The van der Waals surface area contributed by atoms with E-state index < -0.39 is 28.1 Å². The van der Waals surface area contributed by atoms with Gasteiger partial charge in [-0.25, -0.2) is 8.42 Å². The first kappa shape index (κ1) is 31.0. The van der Waals surface area contributed by atoms with Gasteiger partial charge in [0.1, 0.15) is 5.75 Å². The van der Waals surface area contributed by atoms with Crippen molar-refractivity contribution < 1.29 is 32.6 Å². The number of β-amino-alcohol motifs (C(OH)–C–C–N with tert-alkyl or cyclic N) is 1. The van der Waals surface area contributed by atoms with Crippen LogP contribution in [-0.4, -0.2) is 93.2 Å². The molecule has 0 aromatic heterocycles. The largest absolute Gasteiger partial charge is 0.497 e. The number of nitrogens with one attached hydrogen (secondary N) is 1. The van der Waals surface area contributed by atoms with E-state index in [9.17, 15) is 23.1 Å². The number of sulfonamides is 1.